The predicted octanol–water partition coefficient (Wildman–Crippen LogP) is 3.21. The van der Waals surface area contributed by atoms with Crippen LogP contribution in [0.3, 0.4) is 0 Å². The number of rotatable bonds is 9. The van der Waals surface area contributed by atoms with Crippen molar-refractivity contribution in [3.63, 3.8) is 0 Å². The normalized spacial score (nSPS) is 10.5. The van der Waals surface area contributed by atoms with Crippen molar-refractivity contribution < 1.29 is 9.53 Å². The van der Waals surface area contributed by atoms with Gasteiger partial charge in [0.25, 0.3) is 0 Å². The maximum Gasteiger partial charge on any atom is 0.234 e. The number of anilines is 1. The number of carbonyl (C=O) groups excluding carboxylic acids is 1. The molecule has 0 aliphatic carbocycles. The van der Waals surface area contributed by atoms with Gasteiger partial charge in [0.15, 0.2) is 5.16 Å². The van der Waals surface area contributed by atoms with E-state index in [9.17, 15) is 4.79 Å². The summed E-state index contributed by atoms with van der Waals surface area (Å²) in [4.78, 5) is 12.0. The number of thioether (sulfide) groups is 1. The molecule has 1 N–H and O–H groups in total. The Bertz CT molecular complexity index is 630. The second kappa shape index (κ2) is 9.19. The molecule has 0 bridgehead atoms. The van der Waals surface area contributed by atoms with E-state index in [1.807, 2.05) is 22.8 Å². The second-order valence-corrected chi connectivity index (χ2v) is 6.03. The van der Waals surface area contributed by atoms with Crippen molar-refractivity contribution in [1.29, 1.82) is 0 Å². The first-order valence-corrected chi connectivity index (χ1v) is 8.66. The van der Waals surface area contributed by atoms with E-state index in [2.05, 4.69) is 22.4 Å². The molecule has 0 spiro atoms. The van der Waals surface area contributed by atoms with Gasteiger partial charge in [0.2, 0.25) is 5.91 Å². The third-order valence-corrected chi connectivity index (χ3v) is 4.25. The smallest absolute Gasteiger partial charge is 0.234 e. The van der Waals surface area contributed by atoms with Crippen LogP contribution in [0, 0.1) is 0 Å². The molecule has 0 radical (unpaired) electrons. The van der Waals surface area contributed by atoms with Crippen LogP contribution in [-0.2, 0) is 11.3 Å². The fourth-order valence-electron chi connectivity index (χ4n) is 2.07. The van der Waals surface area contributed by atoms with Gasteiger partial charge in [0.05, 0.1) is 12.9 Å². The number of hydrogen-bond acceptors (Lipinski definition) is 5. The van der Waals surface area contributed by atoms with Gasteiger partial charge in [-0.1, -0.05) is 37.6 Å². The van der Waals surface area contributed by atoms with Gasteiger partial charge in [-0.05, 0) is 18.6 Å². The third-order valence-electron chi connectivity index (χ3n) is 3.27. The number of aryl methyl sites for hydroxylation is 1. The maximum atomic E-state index is 12.0. The molecule has 0 aliphatic heterocycles. The van der Waals surface area contributed by atoms with Crippen LogP contribution in [0.5, 0.6) is 5.75 Å². The van der Waals surface area contributed by atoms with Crippen LogP contribution >= 0.6 is 11.8 Å². The standard InChI is InChI=1S/C16H22N4O2S/c1-3-4-5-9-20-12-17-19-16(20)23-11-15(21)18-13-7-6-8-14(10-13)22-2/h6-8,10,12H,3-5,9,11H2,1-2H3,(H,18,21). The number of amides is 1. The zero-order valence-electron chi connectivity index (χ0n) is 13.5. The molecule has 2 rings (SSSR count). The van der Waals surface area contributed by atoms with Crippen molar-refractivity contribution in [2.75, 3.05) is 18.2 Å². The van der Waals surface area contributed by atoms with Crippen LogP contribution in [0.4, 0.5) is 5.69 Å². The lowest BCUT2D eigenvalue weighted by Gasteiger charge is -2.07. The highest BCUT2D eigenvalue weighted by atomic mass is 32.2. The zero-order valence-corrected chi connectivity index (χ0v) is 14.3. The van der Waals surface area contributed by atoms with Crippen molar-refractivity contribution in [2.24, 2.45) is 0 Å². The molecule has 0 aliphatic rings. The van der Waals surface area contributed by atoms with E-state index in [0.29, 0.717) is 11.5 Å². The SMILES string of the molecule is CCCCCn1cnnc1SCC(=O)Nc1cccc(OC)c1. The first kappa shape index (κ1) is 17.3. The molecule has 1 amide bonds. The summed E-state index contributed by atoms with van der Waals surface area (Å²) < 4.78 is 7.14. The van der Waals surface area contributed by atoms with E-state index in [-0.39, 0.29) is 5.91 Å². The van der Waals surface area contributed by atoms with Gasteiger partial charge >= 0.3 is 0 Å². The van der Waals surface area contributed by atoms with Crippen molar-refractivity contribution in [2.45, 2.75) is 37.9 Å². The summed E-state index contributed by atoms with van der Waals surface area (Å²) in [6.45, 7) is 3.06. The average Bonchev–Trinajstić information content (AvgIpc) is 3.01. The Hall–Kier alpha value is -2.02. The number of methoxy groups -OCH3 is 1. The van der Waals surface area contributed by atoms with Crippen LogP contribution in [0.25, 0.3) is 0 Å². The average molecular weight is 334 g/mol. The summed E-state index contributed by atoms with van der Waals surface area (Å²) in [6, 6.07) is 7.29. The minimum atomic E-state index is -0.0774. The Morgan fingerprint density at radius 2 is 2.26 bits per heavy atom. The van der Waals surface area contributed by atoms with Crippen LogP contribution in [0.1, 0.15) is 26.2 Å². The zero-order chi connectivity index (χ0) is 16.5. The van der Waals surface area contributed by atoms with Crippen LogP contribution in [-0.4, -0.2) is 33.5 Å². The molecule has 1 aromatic heterocycles. The van der Waals surface area contributed by atoms with E-state index < -0.39 is 0 Å². The van der Waals surface area contributed by atoms with Gasteiger partial charge in [0, 0.05) is 18.3 Å². The molecule has 0 saturated heterocycles. The number of nitrogens with one attached hydrogen (secondary N) is 1. The van der Waals surface area contributed by atoms with E-state index in [0.717, 1.165) is 23.8 Å². The molecule has 2 aromatic rings. The van der Waals surface area contributed by atoms with Gasteiger partial charge in [-0.25, -0.2) is 0 Å². The lowest BCUT2D eigenvalue weighted by molar-refractivity contribution is -0.113. The summed E-state index contributed by atoms with van der Waals surface area (Å²) in [5.41, 5.74) is 0.722. The third kappa shape index (κ3) is 5.59. The first-order valence-electron chi connectivity index (χ1n) is 7.67. The summed E-state index contributed by atoms with van der Waals surface area (Å²) in [5.74, 6) is 0.932. The van der Waals surface area contributed by atoms with Gasteiger partial charge in [0.1, 0.15) is 12.1 Å². The van der Waals surface area contributed by atoms with Crippen molar-refractivity contribution >= 4 is 23.4 Å². The Balaban J connectivity index is 1.83. The van der Waals surface area contributed by atoms with Gasteiger partial charge in [-0.3, -0.25) is 4.79 Å². The van der Waals surface area contributed by atoms with E-state index in [1.165, 1.54) is 24.6 Å². The molecule has 6 nitrogen and oxygen atoms in total. The highest BCUT2D eigenvalue weighted by Gasteiger charge is 2.09. The number of nitrogens with zero attached hydrogens (tertiary/aromatic N) is 3. The van der Waals surface area contributed by atoms with E-state index in [4.69, 9.17) is 4.74 Å². The molecule has 1 aromatic carbocycles. The molecule has 7 heteroatoms. The number of hydrogen-bond donors (Lipinski definition) is 1. The number of benzene rings is 1. The van der Waals surface area contributed by atoms with Crippen molar-refractivity contribution in [3.8, 4) is 5.75 Å². The highest BCUT2D eigenvalue weighted by Crippen LogP contribution is 2.19. The largest absolute Gasteiger partial charge is 0.497 e. The number of unbranched alkanes of at least 4 members (excludes halogenated alkanes) is 2. The summed E-state index contributed by atoms with van der Waals surface area (Å²) in [6.07, 6.45) is 5.17. The Morgan fingerprint density at radius 3 is 3.04 bits per heavy atom. The van der Waals surface area contributed by atoms with Crippen LogP contribution in [0.2, 0.25) is 0 Å². The monoisotopic (exact) mass is 334 g/mol. The van der Waals surface area contributed by atoms with Gasteiger partial charge < -0.3 is 14.6 Å². The molecule has 0 unspecified atom stereocenters. The summed E-state index contributed by atoms with van der Waals surface area (Å²) in [5, 5.41) is 11.6. The molecule has 124 valence electrons. The maximum absolute atomic E-state index is 12.0. The topological polar surface area (TPSA) is 69.0 Å². The lowest BCUT2D eigenvalue weighted by atomic mass is 10.2. The lowest BCUT2D eigenvalue weighted by Crippen LogP contribution is -2.14. The quantitative estimate of drug-likeness (QED) is 0.563. The summed E-state index contributed by atoms with van der Waals surface area (Å²) in [7, 11) is 1.60. The molecule has 0 atom stereocenters. The molecule has 0 saturated carbocycles. The molecular weight excluding hydrogens is 312 g/mol. The fourth-order valence-corrected chi connectivity index (χ4v) is 2.81. The van der Waals surface area contributed by atoms with Gasteiger partial charge in [-0.2, -0.15) is 0 Å². The number of ether oxygens (including phenoxy) is 1. The number of carbonyl (C=O) groups is 1. The van der Waals surface area contributed by atoms with E-state index in [1.54, 1.807) is 19.5 Å². The Kier molecular flexibility index (Phi) is 6.93. The van der Waals surface area contributed by atoms with Crippen molar-refractivity contribution in [3.05, 3.63) is 30.6 Å². The van der Waals surface area contributed by atoms with Crippen LogP contribution in [0.15, 0.2) is 35.7 Å². The molecular formula is C16H22N4O2S. The fraction of sp³-hybridized carbons (Fsp3) is 0.438. The van der Waals surface area contributed by atoms with E-state index >= 15 is 0 Å². The minimum Gasteiger partial charge on any atom is -0.497 e. The number of aromatic nitrogens is 3. The van der Waals surface area contributed by atoms with Gasteiger partial charge in [-0.15, -0.1) is 10.2 Å². The summed E-state index contributed by atoms with van der Waals surface area (Å²) >= 11 is 1.40. The minimum absolute atomic E-state index is 0.0774. The Morgan fingerprint density at radius 1 is 1.39 bits per heavy atom. The predicted molar refractivity (Wildman–Crippen MR) is 91.9 cm³/mol. The molecule has 1 heterocycles. The van der Waals surface area contributed by atoms with Crippen molar-refractivity contribution in [1.82, 2.24) is 14.8 Å². The second-order valence-electron chi connectivity index (χ2n) is 5.08. The molecule has 0 fully saturated rings. The van der Waals surface area contributed by atoms with Crippen LogP contribution < -0.4 is 10.1 Å². The first-order chi connectivity index (χ1) is 11.2. The molecule has 23 heavy (non-hydrogen) atoms. The highest BCUT2D eigenvalue weighted by molar-refractivity contribution is 7.99. The Labute approximate surface area is 140 Å².